The fourth-order valence-electron chi connectivity index (χ4n) is 2.14. The Hall–Kier alpha value is -1.94. The molecule has 3 nitrogen and oxygen atoms in total. The summed E-state index contributed by atoms with van der Waals surface area (Å²) >= 11 is 1.72. The van der Waals surface area contributed by atoms with E-state index in [-0.39, 0.29) is 5.91 Å². The van der Waals surface area contributed by atoms with Crippen LogP contribution in [0.3, 0.4) is 0 Å². The van der Waals surface area contributed by atoms with Gasteiger partial charge < -0.3 is 10.1 Å². The third-order valence-electron chi connectivity index (χ3n) is 3.70. The molecular weight excluding hydrogens is 306 g/mol. The van der Waals surface area contributed by atoms with E-state index in [4.69, 9.17) is 4.74 Å². The largest absolute Gasteiger partial charge is 0.497 e. The van der Waals surface area contributed by atoms with Crippen LogP contribution in [0.1, 0.15) is 23.1 Å². The predicted molar refractivity (Wildman–Crippen MR) is 96.1 cm³/mol. The summed E-state index contributed by atoms with van der Waals surface area (Å²) in [4.78, 5) is 13.1. The molecule has 1 N–H and O–H groups in total. The number of rotatable bonds is 7. The number of carbonyl (C=O) groups excluding carboxylic acids is 1. The van der Waals surface area contributed by atoms with E-state index in [1.807, 2.05) is 24.3 Å². The van der Waals surface area contributed by atoms with Gasteiger partial charge in [-0.1, -0.05) is 18.2 Å². The fourth-order valence-corrected chi connectivity index (χ4v) is 3.08. The molecule has 2 aromatic carbocycles. The van der Waals surface area contributed by atoms with E-state index in [2.05, 4.69) is 37.4 Å². The Bertz CT molecular complexity index is 670. The van der Waals surface area contributed by atoms with Gasteiger partial charge in [-0.15, -0.1) is 11.8 Å². The Morgan fingerprint density at radius 2 is 1.96 bits per heavy atom. The molecule has 0 fully saturated rings. The zero-order valence-corrected chi connectivity index (χ0v) is 14.7. The van der Waals surface area contributed by atoms with Crippen molar-refractivity contribution in [1.29, 1.82) is 0 Å². The number of ether oxygens (including phenoxy) is 1. The average molecular weight is 329 g/mol. The second-order valence-electron chi connectivity index (χ2n) is 5.47. The first-order valence-corrected chi connectivity index (χ1v) is 8.66. The zero-order chi connectivity index (χ0) is 16.7. The summed E-state index contributed by atoms with van der Waals surface area (Å²) in [6, 6.07) is 14.1. The standard InChI is InChI=1S/C19H23NO2S/c1-14-7-8-18(11-15(14)2)23-10-9-19(21)20-13-16-5-4-6-17(12-16)22-3/h4-8,11-12H,9-10,13H2,1-3H3,(H,20,21). The van der Waals surface area contributed by atoms with Gasteiger partial charge in [0.1, 0.15) is 5.75 Å². The number of thioether (sulfide) groups is 1. The number of benzene rings is 2. The lowest BCUT2D eigenvalue weighted by Gasteiger charge is -2.08. The highest BCUT2D eigenvalue weighted by Gasteiger charge is 2.04. The van der Waals surface area contributed by atoms with Crippen LogP contribution in [0, 0.1) is 13.8 Å². The number of amides is 1. The van der Waals surface area contributed by atoms with Crippen molar-refractivity contribution in [3.05, 3.63) is 59.2 Å². The Morgan fingerprint density at radius 1 is 1.13 bits per heavy atom. The van der Waals surface area contributed by atoms with Crippen molar-refractivity contribution in [2.24, 2.45) is 0 Å². The third kappa shape index (κ3) is 5.64. The lowest BCUT2D eigenvalue weighted by Crippen LogP contribution is -2.22. The number of aryl methyl sites for hydroxylation is 2. The SMILES string of the molecule is COc1cccc(CNC(=O)CCSc2ccc(C)c(C)c2)c1. The summed E-state index contributed by atoms with van der Waals surface area (Å²) in [5.41, 5.74) is 3.63. The van der Waals surface area contributed by atoms with Crippen molar-refractivity contribution in [2.75, 3.05) is 12.9 Å². The molecule has 0 aliphatic carbocycles. The summed E-state index contributed by atoms with van der Waals surface area (Å²) in [7, 11) is 1.64. The Labute approximate surface area is 142 Å². The first-order valence-electron chi connectivity index (χ1n) is 7.68. The molecule has 2 aromatic rings. The third-order valence-corrected chi connectivity index (χ3v) is 4.70. The van der Waals surface area contributed by atoms with E-state index in [0.717, 1.165) is 17.1 Å². The lowest BCUT2D eigenvalue weighted by atomic mass is 10.1. The molecule has 0 heterocycles. The van der Waals surface area contributed by atoms with Gasteiger partial charge in [0.25, 0.3) is 0 Å². The van der Waals surface area contributed by atoms with Gasteiger partial charge in [0, 0.05) is 23.6 Å². The molecule has 23 heavy (non-hydrogen) atoms. The van der Waals surface area contributed by atoms with Crippen molar-refractivity contribution in [3.63, 3.8) is 0 Å². The molecule has 0 saturated heterocycles. The number of carbonyl (C=O) groups is 1. The van der Waals surface area contributed by atoms with Gasteiger partial charge in [-0.2, -0.15) is 0 Å². The first kappa shape index (κ1) is 17.4. The van der Waals surface area contributed by atoms with Gasteiger partial charge in [-0.3, -0.25) is 4.79 Å². The van der Waals surface area contributed by atoms with Crippen molar-refractivity contribution in [2.45, 2.75) is 31.7 Å². The van der Waals surface area contributed by atoms with Gasteiger partial charge in [-0.05, 0) is 54.8 Å². The van der Waals surface area contributed by atoms with Gasteiger partial charge in [-0.25, -0.2) is 0 Å². The van der Waals surface area contributed by atoms with Gasteiger partial charge in [0.15, 0.2) is 0 Å². The average Bonchev–Trinajstić information content (AvgIpc) is 2.56. The maximum absolute atomic E-state index is 11.9. The molecule has 0 atom stereocenters. The van der Waals surface area contributed by atoms with Crippen molar-refractivity contribution >= 4 is 17.7 Å². The summed E-state index contributed by atoms with van der Waals surface area (Å²) in [6.45, 7) is 4.75. The Balaban J connectivity index is 1.73. The molecule has 0 aliphatic heterocycles. The van der Waals surface area contributed by atoms with Crippen LogP contribution >= 0.6 is 11.8 Å². The van der Waals surface area contributed by atoms with Crippen LogP contribution in [-0.4, -0.2) is 18.8 Å². The van der Waals surface area contributed by atoms with Crippen molar-refractivity contribution in [3.8, 4) is 5.75 Å². The highest BCUT2D eigenvalue weighted by Crippen LogP contribution is 2.21. The highest BCUT2D eigenvalue weighted by molar-refractivity contribution is 7.99. The maximum Gasteiger partial charge on any atom is 0.221 e. The molecule has 4 heteroatoms. The van der Waals surface area contributed by atoms with Gasteiger partial charge in [0.05, 0.1) is 7.11 Å². The molecule has 0 aliphatic rings. The molecule has 0 saturated carbocycles. The Kier molecular flexibility index (Phi) is 6.53. The topological polar surface area (TPSA) is 38.3 Å². The Morgan fingerprint density at radius 3 is 2.70 bits per heavy atom. The molecule has 0 aromatic heterocycles. The minimum absolute atomic E-state index is 0.0733. The van der Waals surface area contributed by atoms with E-state index in [1.54, 1.807) is 18.9 Å². The summed E-state index contributed by atoms with van der Waals surface area (Å²) in [6.07, 6.45) is 0.515. The van der Waals surface area contributed by atoms with Crippen LogP contribution in [-0.2, 0) is 11.3 Å². The second kappa shape index (κ2) is 8.63. The molecule has 0 radical (unpaired) electrons. The molecule has 1 amide bonds. The molecule has 2 rings (SSSR count). The summed E-state index contributed by atoms with van der Waals surface area (Å²) < 4.78 is 5.18. The van der Waals surface area contributed by atoms with Gasteiger partial charge in [0.2, 0.25) is 5.91 Å². The van der Waals surface area contributed by atoms with Gasteiger partial charge >= 0.3 is 0 Å². The molecule has 0 bridgehead atoms. The van der Waals surface area contributed by atoms with Crippen molar-refractivity contribution < 1.29 is 9.53 Å². The molecule has 0 spiro atoms. The second-order valence-corrected chi connectivity index (χ2v) is 6.64. The van der Waals surface area contributed by atoms with Crippen molar-refractivity contribution in [1.82, 2.24) is 5.32 Å². The summed E-state index contributed by atoms with van der Waals surface area (Å²) in [5.74, 6) is 1.66. The summed E-state index contributed by atoms with van der Waals surface area (Å²) in [5, 5.41) is 2.95. The normalized spacial score (nSPS) is 10.4. The molecular formula is C19H23NO2S. The maximum atomic E-state index is 11.9. The number of nitrogens with one attached hydrogen (secondary N) is 1. The minimum atomic E-state index is 0.0733. The molecule has 122 valence electrons. The van der Waals surface area contributed by atoms with Crippen LogP contribution < -0.4 is 10.1 Å². The van der Waals surface area contributed by atoms with E-state index in [0.29, 0.717) is 13.0 Å². The quantitative estimate of drug-likeness (QED) is 0.777. The minimum Gasteiger partial charge on any atom is -0.497 e. The van der Waals surface area contributed by atoms with E-state index < -0.39 is 0 Å². The lowest BCUT2D eigenvalue weighted by molar-refractivity contribution is -0.120. The molecule has 0 unspecified atom stereocenters. The highest BCUT2D eigenvalue weighted by atomic mass is 32.2. The zero-order valence-electron chi connectivity index (χ0n) is 13.9. The van der Waals surface area contributed by atoms with E-state index >= 15 is 0 Å². The number of methoxy groups -OCH3 is 1. The van der Waals surface area contributed by atoms with Crippen LogP contribution in [0.25, 0.3) is 0 Å². The smallest absolute Gasteiger partial charge is 0.221 e. The number of hydrogen-bond acceptors (Lipinski definition) is 3. The van der Waals surface area contributed by atoms with Crippen LogP contribution in [0.15, 0.2) is 47.4 Å². The van der Waals surface area contributed by atoms with E-state index in [9.17, 15) is 4.79 Å². The number of hydrogen-bond donors (Lipinski definition) is 1. The predicted octanol–water partition coefficient (Wildman–Crippen LogP) is 4.11. The first-order chi connectivity index (χ1) is 11.1. The van der Waals surface area contributed by atoms with Crippen LogP contribution in [0.4, 0.5) is 0 Å². The van der Waals surface area contributed by atoms with Crippen LogP contribution in [0.5, 0.6) is 5.75 Å². The monoisotopic (exact) mass is 329 g/mol. The fraction of sp³-hybridized carbons (Fsp3) is 0.316. The van der Waals surface area contributed by atoms with E-state index in [1.165, 1.54) is 16.0 Å². The van der Waals surface area contributed by atoms with Crippen LogP contribution in [0.2, 0.25) is 0 Å².